The fraction of sp³-hybridized carbons (Fsp3) is 0.429. The van der Waals surface area contributed by atoms with Crippen LogP contribution in [-0.4, -0.2) is 10.7 Å². The van der Waals surface area contributed by atoms with Crippen molar-refractivity contribution in [1.82, 2.24) is 0 Å². The van der Waals surface area contributed by atoms with Gasteiger partial charge in [0.05, 0.1) is 0 Å². The summed E-state index contributed by atoms with van der Waals surface area (Å²) in [5.74, 6) is 0.760. The first kappa shape index (κ1) is 14.4. The Bertz CT molecular complexity index is 234. The van der Waals surface area contributed by atoms with E-state index in [0.717, 1.165) is 10.4 Å². The number of amidine groups is 1. The molecule has 0 radical (unpaired) electrons. The van der Waals surface area contributed by atoms with Gasteiger partial charge in [-0.3, -0.25) is 0 Å². The third-order valence-corrected chi connectivity index (χ3v) is 2.31. The fourth-order valence-corrected chi connectivity index (χ4v) is 0.996. The lowest BCUT2D eigenvalue weighted by atomic mass is 10.00. The lowest BCUT2D eigenvalue weighted by Gasteiger charge is -2.15. The van der Waals surface area contributed by atoms with E-state index in [9.17, 15) is 0 Å². The number of rotatable bonds is 0. The molecule has 1 aliphatic heterocycles. The number of aliphatic imine (C=N–C) groups is 1. The standard InChI is InChI=1S/C7H10N2S.2ClH/c1-4-3-9-7(8)5(2)6(4)10;;/h3,5H,1-2H3,(H2,8,9);2*1H. The summed E-state index contributed by atoms with van der Waals surface area (Å²) in [6.45, 7) is 3.92. The summed E-state index contributed by atoms with van der Waals surface area (Å²) in [5, 5.41) is 0. The molecule has 12 heavy (non-hydrogen) atoms. The Morgan fingerprint density at radius 3 is 2.42 bits per heavy atom. The van der Waals surface area contributed by atoms with Crippen LogP contribution in [0.15, 0.2) is 16.8 Å². The lowest BCUT2D eigenvalue weighted by Crippen LogP contribution is -2.29. The summed E-state index contributed by atoms with van der Waals surface area (Å²) in [7, 11) is 0. The van der Waals surface area contributed by atoms with Crippen molar-refractivity contribution in [2.45, 2.75) is 13.8 Å². The number of thiocarbonyl (C=S) groups is 1. The van der Waals surface area contributed by atoms with Crippen molar-refractivity contribution in [3.05, 3.63) is 11.8 Å². The van der Waals surface area contributed by atoms with Gasteiger partial charge in [-0.1, -0.05) is 19.1 Å². The Labute approximate surface area is 90.1 Å². The summed E-state index contributed by atoms with van der Waals surface area (Å²) < 4.78 is 0. The molecule has 2 N–H and O–H groups in total. The third-order valence-electron chi connectivity index (χ3n) is 1.63. The highest BCUT2D eigenvalue weighted by Crippen LogP contribution is 2.13. The minimum Gasteiger partial charge on any atom is -0.387 e. The molecule has 0 aromatic carbocycles. The van der Waals surface area contributed by atoms with Gasteiger partial charge < -0.3 is 5.73 Å². The zero-order valence-electron chi connectivity index (χ0n) is 6.90. The largest absolute Gasteiger partial charge is 0.387 e. The van der Waals surface area contributed by atoms with Crippen molar-refractivity contribution in [3.63, 3.8) is 0 Å². The molecule has 1 aliphatic rings. The van der Waals surface area contributed by atoms with E-state index in [-0.39, 0.29) is 30.7 Å². The monoisotopic (exact) mass is 226 g/mol. The summed E-state index contributed by atoms with van der Waals surface area (Å²) in [5.41, 5.74) is 6.60. The van der Waals surface area contributed by atoms with Gasteiger partial charge >= 0.3 is 0 Å². The van der Waals surface area contributed by atoms with Crippen molar-refractivity contribution in [1.29, 1.82) is 0 Å². The molecule has 0 fully saturated rings. The lowest BCUT2D eigenvalue weighted by molar-refractivity contribution is 1.03. The van der Waals surface area contributed by atoms with Gasteiger partial charge in [-0.2, -0.15) is 0 Å². The Kier molecular flexibility index (Phi) is 6.62. The van der Waals surface area contributed by atoms with Crippen LogP contribution >= 0.6 is 37.0 Å². The van der Waals surface area contributed by atoms with Crippen LogP contribution < -0.4 is 5.73 Å². The molecular formula is C7H12Cl2N2S. The fourth-order valence-electron chi connectivity index (χ4n) is 0.823. The molecule has 0 bridgehead atoms. The van der Waals surface area contributed by atoms with E-state index in [0.29, 0.717) is 5.84 Å². The first-order chi connectivity index (χ1) is 4.63. The Balaban J connectivity index is 0. The number of halogens is 2. The van der Waals surface area contributed by atoms with Crippen molar-refractivity contribution in [2.24, 2.45) is 16.6 Å². The van der Waals surface area contributed by atoms with E-state index >= 15 is 0 Å². The van der Waals surface area contributed by atoms with Gasteiger partial charge in [-0.25, -0.2) is 4.99 Å². The minimum absolute atomic E-state index is 0. The summed E-state index contributed by atoms with van der Waals surface area (Å²) >= 11 is 5.10. The van der Waals surface area contributed by atoms with E-state index in [1.807, 2.05) is 13.8 Å². The van der Waals surface area contributed by atoms with Crippen LogP contribution in [-0.2, 0) is 0 Å². The maximum absolute atomic E-state index is 5.55. The molecule has 5 heteroatoms. The molecule has 1 atom stereocenters. The zero-order chi connectivity index (χ0) is 7.72. The van der Waals surface area contributed by atoms with Gasteiger partial charge in [0.1, 0.15) is 5.84 Å². The molecular weight excluding hydrogens is 215 g/mol. The molecule has 0 aromatic heterocycles. The maximum atomic E-state index is 5.55. The van der Waals surface area contributed by atoms with E-state index in [1.165, 1.54) is 0 Å². The average Bonchev–Trinajstić information content (AvgIpc) is 1.93. The smallest absolute Gasteiger partial charge is 0.107 e. The van der Waals surface area contributed by atoms with Gasteiger partial charge in [0.15, 0.2) is 0 Å². The molecule has 1 rings (SSSR count). The highest BCUT2D eigenvalue weighted by molar-refractivity contribution is 7.81. The van der Waals surface area contributed by atoms with Gasteiger partial charge in [0.2, 0.25) is 0 Å². The van der Waals surface area contributed by atoms with Crippen LogP contribution in [0.25, 0.3) is 0 Å². The van der Waals surface area contributed by atoms with E-state index < -0.39 is 0 Å². The Morgan fingerprint density at radius 2 is 2.00 bits per heavy atom. The number of hydrogen-bond donors (Lipinski definition) is 1. The van der Waals surface area contributed by atoms with Crippen LogP contribution in [0.1, 0.15) is 13.8 Å². The second-order valence-electron chi connectivity index (χ2n) is 2.45. The second-order valence-corrected chi connectivity index (χ2v) is 2.89. The topological polar surface area (TPSA) is 38.4 Å². The van der Waals surface area contributed by atoms with E-state index in [1.54, 1.807) is 6.20 Å². The van der Waals surface area contributed by atoms with Gasteiger partial charge in [-0.05, 0) is 12.5 Å². The molecule has 0 amide bonds. The van der Waals surface area contributed by atoms with Gasteiger partial charge in [-0.15, -0.1) is 24.8 Å². The number of nitrogens with two attached hydrogens (primary N) is 1. The average molecular weight is 227 g/mol. The number of nitrogens with zero attached hydrogens (tertiary/aromatic N) is 1. The number of hydrogen-bond acceptors (Lipinski definition) is 3. The summed E-state index contributed by atoms with van der Waals surface area (Å²) in [4.78, 5) is 4.90. The van der Waals surface area contributed by atoms with Crippen molar-refractivity contribution in [3.8, 4) is 0 Å². The summed E-state index contributed by atoms with van der Waals surface area (Å²) in [6, 6.07) is 0. The predicted molar refractivity (Wildman–Crippen MR) is 61.6 cm³/mol. The number of allylic oxidation sites excluding steroid dienone is 1. The Hall–Kier alpha value is -0.120. The van der Waals surface area contributed by atoms with Crippen LogP contribution in [0.5, 0.6) is 0 Å². The van der Waals surface area contributed by atoms with Gasteiger partial charge in [0.25, 0.3) is 0 Å². The zero-order valence-corrected chi connectivity index (χ0v) is 9.35. The van der Waals surface area contributed by atoms with Crippen molar-refractivity contribution < 1.29 is 0 Å². The molecule has 2 nitrogen and oxygen atoms in total. The van der Waals surface area contributed by atoms with Crippen molar-refractivity contribution >= 4 is 47.7 Å². The maximum Gasteiger partial charge on any atom is 0.107 e. The molecule has 0 aromatic rings. The first-order valence-corrected chi connectivity index (χ1v) is 3.58. The van der Waals surface area contributed by atoms with Crippen molar-refractivity contribution in [2.75, 3.05) is 0 Å². The van der Waals surface area contributed by atoms with Crippen LogP contribution in [0.3, 0.4) is 0 Å². The highest BCUT2D eigenvalue weighted by Gasteiger charge is 2.16. The van der Waals surface area contributed by atoms with Crippen LogP contribution in [0.2, 0.25) is 0 Å². The minimum atomic E-state index is 0. The Morgan fingerprint density at radius 1 is 1.50 bits per heavy atom. The normalized spacial score (nSPS) is 21.5. The van der Waals surface area contributed by atoms with E-state index in [2.05, 4.69) is 4.99 Å². The molecule has 1 heterocycles. The second kappa shape index (κ2) is 5.51. The predicted octanol–water partition coefficient (Wildman–Crippen LogP) is 2.11. The molecule has 0 saturated heterocycles. The van der Waals surface area contributed by atoms with Gasteiger partial charge in [0, 0.05) is 17.0 Å². The third kappa shape index (κ3) is 2.73. The quantitative estimate of drug-likeness (QED) is 0.643. The highest BCUT2D eigenvalue weighted by atomic mass is 35.5. The molecule has 1 unspecified atom stereocenters. The molecule has 0 saturated carbocycles. The first-order valence-electron chi connectivity index (χ1n) is 3.17. The summed E-state index contributed by atoms with van der Waals surface area (Å²) in [6.07, 6.45) is 1.72. The van der Waals surface area contributed by atoms with Crippen LogP contribution in [0.4, 0.5) is 0 Å². The van der Waals surface area contributed by atoms with Crippen LogP contribution in [0, 0.1) is 5.92 Å². The molecule has 0 aliphatic carbocycles. The SMILES string of the molecule is CC1=CN=C(N)C(C)C1=S.Cl.Cl. The molecule has 70 valence electrons. The molecule has 0 spiro atoms. The van der Waals surface area contributed by atoms with E-state index in [4.69, 9.17) is 18.0 Å².